The van der Waals surface area contributed by atoms with Crippen LogP contribution in [-0.2, 0) is 0 Å². The number of carbonyl (C=O) groups is 1. The fourth-order valence-corrected chi connectivity index (χ4v) is 3.41. The third kappa shape index (κ3) is 3.71. The van der Waals surface area contributed by atoms with Gasteiger partial charge in [0.25, 0.3) is 0 Å². The summed E-state index contributed by atoms with van der Waals surface area (Å²) < 4.78 is 14.0. The predicted octanol–water partition coefficient (Wildman–Crippen LogP) is 3.81. The standard InChI is InChI=1S/C22H21FN4O/c1-16(28)17-6-8-18(9-7-17)20-14-24-15-22(25-20)27-12-10-26(11-13-27)21-5-3-2-4-19(21)23/h2-9,14-15H,10-13H2,1H3. The van der Waals surface area contributed by atoms with Gasteiger partial charge in [-0.05, 0) is 19.1 Å². The number of hydrogen-bond donors (Lipinski definition) is 0. The quantitative estimate of drug-likeness (QED) is 0.648. The van der Waals surface area contributed by atoms with Crippen molar-refractivity contribution in [2.75, 3.05) is 36.0 Å². The number of benzene rings is 2. The van der Waals surface area contributed by atoms with E-state index in [9.17, 15) is 9.18 Å². The molecule has 0 bridgehead atoms. The van der Waals surface area contributed by atoms with Crippen LogP contribution >= 0.6 is 0 Å². The first-order chi connectivity index (χ1) is 13.6. The highest BCUT2D eigenvalue weighted by Gasteiger charge is 2.20. The van der Waals surface area contributed by atoms with E-state index in [-0.39, 0.29) is 11.6 Å². The van der Waals surface area contributed by atoms with Crippen LogP contribution in [0.3, 0.4) is 0 Å². The van der Waals surface area contributed by atoms with E-state index in [2.05, 4.69) is 14.8 Å². The summed E-state index contributed by atoms with van der Waals surface area (Å²) in [5, 5.41) is 0. The van der Waals surface area contributed by atoms with Gasteiger partial charge in [0, 0.05) is 37.3 Å². The van der Waals surface area contributed by atoms with Crippen LogP contribution in [-0.4, -0.2) is 41.9 Å². The number of nitrogens with zero attached hydrogens (tertiary/aromatic N) is 4. The van der Waals surface area contributed by atoms with Crippen LogP contribution in [0.15, 0.2) is 60.9 Å². The van der Waals surface area contributed by atoms with E-state index in [0.717, 1.165) is 43.3 Å². The number of aromatic nitrogens is 2. The van der Waals surface area contributed by atoms with Crippen LogP contribution in [0.1, 0.15) is 17.3 Å². The molecular formula is C22H21FN4O. The number of piperazine rings is 1. The molecule has 2 aromatic carbocycles. The Morgan fingerprint density at radius 2 is 1.61 bits per heavy atom. The van der Waals surface area contributed by atoms with E-state index in [0.29, 0.717) is 11.3 Å². The van der Waals surface area contributed by atoms with Crippen LogP contribution in [0, 0.1) is 5.82 Å². The Balaban J connectivity index is 1.48. The molecule has 3 aromatic rings. The maximum absolute atomic E-state index is 14.0. The molecule has 0 unspecified atom stereocenters. The van der Waals surface area contributed by atoms with Gasteiger partial charge in [-0.25, -0.2) is 9.37 Å². The van der Waals surface area contributed by atoms with Gasteiger partial charge in [-0.15, -0.1) is 0 Å². The van der Waals surface area contributed by atoms with Crippen molar-refractivity contribution in [3.8, 4) is 11.3 Å². The molecule has 1 aromatic heterocycles. The van der Waals surface area contributed by atoms with E-state index in [1.54, 1.807) is 37.5 Å². The van der Waals surface area contributed by atoms with Gasteiger partial charge in [-0.3, -0.25) is 9.78 Å². The minimum absolute atomic E-state index is 0.0408. The lowest BCUT2D eigenvalue weighted by atomic mass is 10.1. The number of halogens is 1. The van der Waals surface area contributed by atoms with Crippen molar-refractivity contribution >= 4 is 17.3 Å². The summed E-state index contributed by atoms with van der Waals surface area (Å²) in [4.78, 5) is 24.7. The number of rotatable bonds is 4. The number of Topliss-reactive ketones (excluding diaryl/α,β-unsaturated/α-hetero) is 1. The molecule has 5 nitrogen and oxygen atoms in total. The van der Waals surface area contributed by atoms with E-state index in [1.165, 1.54) is 6.07 Å². The number of hydrogen-bond acceptors (Lipinski definition) is 5. The summed E-state index contributed by atoms with van der Waals surface area (Å²) >= 11 is 0. The Morgan fingerprint density at radius 3 is 2.29 bits per heavy atom. The number of para-hydroxylation sites is 1. The topological polar surface area (TPSA) is 49.3 Å². The third-order valence-electron chi connectivity index (χ3n) is 5.01. The molecule has 0 amide bonds. The molecule has 4 rings (SSSR count). The third-order valence-corrected chi connectivity index (χ3v) is 5.01. The Morgan fingerprint density at radius 1 is 0.929 bits per heavy atom. The molecule has 2 heterocycles. The lowest BCUT2D eigenvalue weighted by Crippen LogP contribution is -2.47. The molecule has 1 aliphatic heterocycles. The van der Waals surface area contributed by atoms with Crippen LogP contribution in [0.2, 0.25) is 0 Å². The summed E-state index contributed by atoms with van der Waals surface area (Å²) in [7, 11) is 0. The SMILES string of the molecule is CC(=O)c1ccc(-c2cncc(N3CCN(c4ccccc4F)CC3)n2)cc1. The molecule has 1 aliphatic rings. The van der Waals surface area contributed by atoms with Gasteiger partial charge in [0.2, 0.25) is 0 Å². The van der Waals surface area contributed by atoms with E-state index in [4.69, 9.17) is 4.98 Å². The van der Waals surface area contributed by atoms with E-state index < -0.39 is 0 Å². The maximum atomic E-state index is 14.0. The molecule has 0 aliphatic carbocycles. The van der Waals surface area contributed by atoms with Crippen molar-refractivity contribution in [2.24, 2.45) is 0 Å². The molecule has 0 spiro atoms. The first-order valence-corrected chi connectivity index (χ1v) is 9.29. The molecular weight excluding hydrogens is 355 g/mol. The zero-order chi connectivity index (χ0) is 19.5. The molecule has 1 saturated heterocycles. The predicted molar refractivity (Wildman–Crippen MR) is 108 cm³/mol. The Hall–Kier alpha value is -3.28. The van der Waals surface area contributed by atoms with Gasteiger partial charge in [0.05, 0.1) is 23.8 Å². The molecule has 28 heavy (non-hydrogen) atoms. The monoisotopic (exact) mass is 376 g/mol. The van der Waals surface area contributed by atoms with Crippen molar-refractivity contribution in [1.82, 2.24) is 9.97 Å². The van der Waals surface area contributed by atoms with Crippen molar-refractivity contribution in [3.63, 3.8) is 0 Å². The van der Waals surface area contributed by atoms with Crippen molar-refractivity contribution in [3.05, 3.63) is 72.3 Å². The van der Waals surface area contributed by atoms with Crippen LogP contribution < -0.4 is 9.80 Å². The highest BCUT2D eigenvalue weighted by molar-refractivity contribution is 5.94. The first-order valence-electron chi connectivity index (χ1n) is 9.29. The zero-order valence-electron chi connectivity index (χ0n) is 15.7. The van der Waals surface area contributed by atoms with Gasteiger partial charge >= 0.3 is 0 Å². The zero-order valence-corrected chi connectivity index (χ0v) is 15.7. The Bertz CT molecular complexity index is 982. The molecule has 1 fully saturated rings. The van der Waals surface area contributed by atoms with Crippen molar-refractivity contribution in [1.29, 1.82) is 0 Å². The van der Waals surface area contributed by atoms with Gasteiger partial charge in [0.15, 0.2) is 5.78 Å². The largest absolute Gasteiger partial charge is 0.366 e. The summed E-state index contributed by atoms with van der Waals surface area (Å²) in [6, 6.07) is 14.3. The molecule has 0 atom stereocenters. The summed E-state index contributed by atoms with van der Waals surface area (Å²) in [6.07, 6.45) is 3.48. The summed E-state index contributed by atoms with van der Waals surface area (Å²) in [5.41, 5.74) is 3.01. The Labute approximate surface area is 163 Å². The second-order valence-corrected chi connectivity index (χ2v) is 6.82. The second-order valence-electron chi connectivity index (χ2n) is 6.82. The fourth-order valence-electron chi connectivity index (χ4n) is 3.41. The van der Waals surface area contributed by atoms with Gasteiger partial charge in [-0.2, -0.15) is 0 Å². The van der Waals surface area contributed by atoms with E-state index in [1.807, 2.05) is 24.3 Å². The van der Waals surface area contributed by atoms with Crippen LogP contribution in [0.4, 0.5) is 15.9 Å². The summed E-state index contributed by atoms with van der Waals surface area (Å²) in [5.74, 6) is 0.659. The average molecular weight is 376 g/mol. The second kappa shape index (κ2) is 7.76. The molecule has 6 heteroatoms. The molecule has 142 valence electrons. The van der Waals surface area contributed by atoms with Crippen molar-refractivity contribution < 1.29 is 9.18 Å². The summed E-state index contributed by atoms with van der Waals surface area (Å²) in [6.45, 7) is 4.49. The number of ketones is 1. The van der Waals surface area contributed by atoms with Crippen LogP contribution in [0.5, 0.6) is 0 Å². The van der Waals surface area contributed by atoms with Crippen molar-refractivity contribution in [2.45, 2.75) is 6.92 Å². The van der Waals surface area contributed by atoms with Gasteiger partial charge < -0.3 is 9.80 Å². The highest BCUT2D eigenvalue weighted by Crippen LogP contribution is 2.24. The Kier molecular flexibility index (Phi) is 5.02. The minimum Gasteiger partial charge on any atom is -0.366 e. The fraction of sp³-hybridized carbons (Fsp3) is 0.227. The molecule has 0 N–H and O–H groups in total. The van der Waals surface area contributed by atoms with E-state index >= 15 is 0 Å². The van der Waals surface area contributed by atoms with Gasteiger partial charge in [-0.1, -0.05) is 36.4 Å². The lowest BCUT2D eigenvalue weighted by Gasteiger charge is -2.36. The number of anilines is 2. The lowest BCUT2D eigenvalue weighted by molar-refractivity contribution is 0.101. The minimum atomic E-state index is -0.188. The highest BCUT2D eigenvalue weighted by atomic mass is 19.1. The number of carbonyl (C=O) groups excluding carboxylic acids is 1. The van der Waals surface area contributed by atoms with Crippen LogP contribution in [0.25, 0.3) is 11.3 Å². The normalized spacial score (nSPS) is 14.2. The first kappa shape index (κ1) is 18.1. The molecule has 0 saturated carbocycles. The smallest absolute Gasteiger partial charge is 0.159 e. The maximum Gasteiger partial charge on any atom is 0.159 e. The molecule has 0 radical (unpaired) electrons. The van der Waals surface area contributed by atoms with Gasteiger partial charge in [0.1, 0.15) is 11.6 Å². The average Bonchev–Trinajstić information content (AvgIpc) is 2.74.